The molecule has 3 saturated carbocycles. The zero-order valence-electron chi connectivity index (χ0n) is 21.4. The van der Waals surface area contributed by atoms with Gasteiger partial charge in [0.2, 0.25) is 0 Å². The molecule has 31 heavy (non-hydrogen) atoms. The number of hydrogen-bond acceptors (Lipinski definition) is 1. The molecule has 0 amide bonds. The molecule has 0 aromatic rings. The van der Waals surface area contributed by atoms with Crippen molar-refractivity contribution in [3.05, 3.63) is 23.8 Å². The Hall–Kier alpha value is -0.560. The first-order valence-electron chi connectivity index (χ1n) is 13.7. The Kier molecular flexibility index (Phi) is 6.85. The third-order valence-electron chi connectivity index (χ3n) is 11.1. The summed E-state index contributed by atoms with van der Waals surface area (Å²) in [5, 5.41) is 10.3. The SMILES string of the molecule is CC[C@H](/C=C/C[C@@H](C)[C@H]1CC[C@H]2[C@@H]3CC=C4C[C@@H](O)CC[C@]4(C)[C@H]3CC[C@]12C)C(C)C. The highest BCUT2D eigenvalue weighted by atomic mass is 16.3. The number of rotatable bonds is 6. The first kappa shape index (κ1) is 23.6. The van der Waals surface area contributed by atoms with Crippen LogP contribution < -0.4 is 0 Å². The van der Waals surface area contributed by atoms with Gasteiger partial charge in [0.25, 0.3) is 0 Å². The fraction of sp³-hybridized carbons (Fsp3) is 0.867. The van der Waals surface area contributed by atoms with Crippen LogP contribution in [0.15, 0.2) is 23.8 Å². The van der Waals surface area contributed by atoms with E-state index < -0.39 is 0 Å². The lowest BCUT2D eigenvalue weighted by molar-refractivity contribution is -0.0565. The molecular weight excluding hydrogens is 376 g/mol. The van der Waals surface area contributed by atoms with Crippen molar-refractivity contribution in [2.24, 2.45) is 52.3 Å². The second-order valence-corrected chi connectivity index (χ2v) is 12.8. The van der Waals surface area contributed by atoms with Crippen LogP contribution in [0.2, 0.25) is 0 Å². The summed E-state index contributed by atoms with van der Waals surface area (Å²) in [6.45, 7) is 14.8. The summed E-state index contributed by atoms with van der Waals surface area (Å²) in [5.74, 6) is 5.88. The zero-order chi connectivity index (χ0) is 22.4. The van der Waals surface area contributed by atoms with Gasteiger partial charge in [0, 0.05) is 0 Å². The number of fused-ring (bicyclic) bond motifs is 5. The highest BCUT2D eigenvalue weighted by molar-refractivity contribution is 5.25. The minimum Gasteiger partial charge on any atom is -0.393 e. The molecule has 1 heteroatoms. The molecular formula is C30H50O. The van der Waals surface area contributed by atoms with Gasteiger partial charge in [-0.3, -0.25) is 0 Å². The van der Waals surface area contributed by atoms with Gasteiger partial charge in [-0.1, -0.05) is 65.3 Å². The minimum absolute atomic E-state index is 0.0856. The molecule has 0 aliphatic heterocycles. The normalized spacial score (nSPS) is 44.5. The highest BCUT2D eigenvalue weighted by Crippen LogP contribution is 2.67. The lowest BCUT2D eigenvalue weighted by atomic mass is 9.47. The van der Waals surface area contributed by atoms with E-state index in [1.807, 2.05) is 0 Å². The van der Waals surface area contributed by atoms with Crippen molar-refractivity contribution in [3.63, 3.8) is 0 Å². The van der Waals surface area contributed by atoms with E-state index >= 15 is 0 Å². The van der Waals surface area contributed by atoms with Crippen LogP contribution in [-0.2, 0) is 0 Å². The van der Waals surface area contributed by atoms with Crippen molar-refractivity contribution in [1.29, 1.82) is 0 Å². The topological polar surface area (TPSA) is 20.2 Å². The lowest BCUT2D eigenvalue weighted by Crippen LogP contribution is -2.50. The summed E-state index contributed by atoms with van der Waals surface area (Å²) in [5.41, 5.74) is 2.54. The van der Waals surface area contributed by atoms with E-state index in [0.717, 1.165) is 54.3 Å². The van der Waals surface area contributed by atoms with E-state index in [1.165, 1.54) is 51.4 Å². The molecule has 1 N–H and O–H groups in total. The van der Waals surface area contributed by atoms with E-state index in [9.17, 15) is 5.11 Å². The number of aliphatic hydroxyl groups excluding tert-OH is 1. The fourth-order valence-corrected chi connectivity index (χ4v) is 9.08. The van der Waals surface area contributed by atoms with Crippen molar-refractivity contribution in [3.8, 4) is 0 Å². The van der Waals surface area contributed by atoms with Gasteiger partial charge < -0.3 is 5.11 Å². The molecule has 3 fully saturated rings. The summed E-state index contributed by atoms with van der Waals surface area (Å²) in [6.07, 6.45) is 20.3. The van der Waals surface area contributed by atoms with Crippen LogP contribution in [0.3, 0.4) is 0 Å². The first-order chi connectivity index (χ1) is 14.7. The summed E-state index contributed by atoms with van der Waals surface area (Å²) in [4.78, 5) is 0. The maximum Gasteiger partial charge on any atom is 0.0577 e. The second kappa shape index (κ2) is 9.00. The van der Waals surface area contributed by atoms with Gasteiger partial charge in [0.05, 0.1) is 6.10 Å². The molecule has 0 spiro atoms. The molecule has 4 rings (SSSR count). The maximum absolute atomic E-state index is 10.3. The van der Waals surface area contributed by atoms with Crippen LogP contribution in [0.5, 0.6) is 0 Å². The minimum atomic E-state index is -0.0856. The second-order valence-electron chi connectivity index (χ2n) is 12.8. The van der Waals surface area contributed by atoms with Crippen LogP contribution in [0.4, 0.5) is 0 Å². The van der Waals surface area contributed by atoms with Crippen molar-refractivity contribution in [1.82, 2.24) is 0 Å². The van der Waals surface area contributed by atoms with Gasteiger partial charge in [-0.2, -0.15) is 0 Å². The summed E-state index contributed by atoms with van der Waals surface area (Å²) >= 11 is 0. The molecule has 0 saturated heterocycles. The van der Waals surface area contributed by atoms with Gasteiger partial charge in [0.15, 0.2) is 0 Å². The molecule has 0 radical (unpaired) electrons. The Labute approximate surface area is 193 Å². The lowest BCUT2D eigenvalue weighted by Gasteiger charge is -2.58. The predicted molar refractivity (Wildman–Crippen MR) is 133 cm³/mol. The molecule has 0 heterocycles. The smallest absolute Gasteiger partial charge is 0.0577 e. The predicted octanol–water partition coefficient (Wildman–Crippen LogP) is 8.19. The van der Waals surface area contributed by atoms with Gasteiger partial charge in [-0.25, -0.2) is 0 Å². The third kappa shape index (κ3) is 4.11. The highest BCUT2D eigenvalue weighted by Gasteiger charge is 2.59. The van der Waals surface area contributed by atoms with Gasteiger partial charge in [-0.15, -0.1) is 0 Å². The fourth-order valence-electron chi connectivity index (χ4n) is 9.08. The van der Waals surface area contributed by atoms with Crippen LogP contribution in [0.25, 0.3) is 0 Å². The Morgan fingerprint density at radius 1 is 1.06 bits per heavy atom. The van der Waals surface area contributed by atoms with Crippen LogP contribution in [0, 0.1) is 52.3 Å². The van der Waals surface area contributed by atoms with Crippen molar-refractivity contribution < 1.29 is 5.11 Å². The Morgan fingerprint density at radius 3 is 2.55 bits per heavy atom. The van der Waals surface area contributed by atoms with Crippen molar-refractivity contribution in [2.75, 3.05) is 0 Å². The van der Waals surface area contributed by atoms with Crippen molar-refractivity contribution >= 4 is 0 Å². The average molecular weight is 427 g/mol. The van der Waals surface area contributed by atoms with E-state index in [4.69, 9.17) is 0 Å². The molecule has 176 valence electrons. The maximum atomic E-state index is 10.3. The van der Waals surface area contributed by atoms with Crippen LogP contribution in [-0.4, -0.2) is 11.2 Å². The monoisotopic (exact) mass is 426 g/mol. The quantitative estimate of drug-likeness (QED) is 0.424. The standard InChI is InChI=1S/C30H50O/c1-7-22(20(2)3)10-8-9-21(4)26-13-14-27-25-12-11-23-19-24(31)15-17-29(23,5)28(25)16-18-30(26,27)6/h8,10-11,20-22,24-28,31H,7,9,12-19H2,1-6H3/b10-8+/t21-,22-,24+,25+,26-,27+,28+,29+,30-/m1/s1. The number of allylic oxidation sites excluding steroid dienone is 3. The Morgan fingerprint density at radius 2 is 1.84 bits per heavy atom. The molecule has 1 nitrogen and oxygen atoms in total. The molecule has 4 aliphatic carbocycles. The average Bonchev–Trinajstić information content (AvgIpc) is 3.08. The number of aliphatic hydroxyl groups is 1. The summed E-state index contributed by atoms with van der Waals surface area (Å²) in [6, 6.07) is 0. The Bertz CT molecular complexity index is 689. The van der Waals surface area contributed by atoms with Crippen molar-refractivity contribution in [2.45, 2.75) is 112 Å². The van der Waals surface area contributed by atoms with E-state index in [-0.39, 0.29) is 6.10 Å². The molecule has 0 bridgehead atoms. The molecule has 0 aromatic heterocycles. The summed E-state index contributed by atoms with van der Waals surface area (Å²) in [7, 11) is 0. The van der Waals surface area contributed by atoms with E-state index in [2.05, 4.69) is 59.8 Å². The zero-order valence-corrected chi connectivity index (χ0v) is 21.4. The van der Waals surface area contributed by atoms with Crippen LogP contribution >= 0.6 is 0 Å². The van der Waals surface area contributed by atoms with E-state index in [1.54, 1.807) is 5.57 Å². The van der Waals surface area contributed by atoms with Gasteiger partial charge >= 0.3 is 0 Å². The van der Waals surface area contributed by atoms with Crippen LogP contribution in [0.1, 0.15) is 106 Å². The molecule has 4 aliphatic rings. The first-order valence-corrected chi connectivity index (χ1v) is 13.7. The molecule has 0 unspecified atom stereocenters. The molecule has 9 atom stereocenters. The van der Waals surface area contributed by atoms with Gasteiger partial charge in [0.1, 0.15) is 0 Å². The largest absolute Gasteiger partial charge is 0.393 e. The summed E-state index contributed by atoms with van der Waals surface area (Å²) < 4.78 is 0. The van der Waals surface area contributed by atoms with E-state index in [0.29, 0.717) is 10.8 Å². The number of hydrogen-bond donors (Lipinski definition) is 1. The third-order valence-corrected chi connectivity index (χ3v) is 11.1. The Balaban J connectivity index is 1.46. The van der Waals surface area contributed by atoms with Gasteiger partial charge in [-0.05, 0) is 116 Å². The molecule has 0 aromatic carbocycles.